The second-order valence-electron chi connectivity index (χ2n) is 7.43. The molecule has 1 atom stereocenters. The summed E-state index contributed by atoms with van der Waals surface area (Å²) in [5.41, 5.74) is 0.260. The van der Waals surface area contributed by atoms with E-state index in [2.05, 4.69) is 12.2 Å². The summed E-state index contributed by atoms with van der Waals surface area (Å²) in [6.07, 6.45) is 14.9. The third-order valence-corrected chi connectivity index (χ3v) is 5.73. The van der Waals surface area contributed by atoms with Gasteiger partial charge in [0.15, 0.2) is 0 Å². The molecule has 2 aliphatic carbocycles. The summed E-state index contributed by atoms with van der Waals surface area (Å²) in [5, 5.41) is 3.64. The quantitative estimate of drug-likeness (QED) is 0.808. The van der Waals surface area contributed by atoms with Crippen molar-refractivity contribution in [3.05, 3.63) is 0 Å². The van der Waals surface area contributed by atoms with Gasteiger partial charge in [-0.2, -0.15) is 0 Å². The lowest BCUT2D eigenvalue weighted by Gasteiger charge is -2.30. The predicted molar refractivity (Wildman–Crippen MR) is 85.6 cm³/mol. The predicted octanol–water partition coefficient (Wildman–Crippen LogP) is 3.81. The highest BCUT2D eigenvalue weighted by Crippen LogP contribution is 2.43. The normalized spacial score (nSPS) is 35.6. The monoisotopic (exact) mass is 295 g/mol. The van der Waals surface area contributed by atoms with Crippen LogP contribution in [0.25, 0.3) is 0 Å². The SMILES string of the molecule is CCCNC1CCC(OCC2CCC3(CCCC3)O2)CC1. The zero-order valence-electron chi connectivity index (χ0n) is 13.7. The number of ether oxygens (including phenoxy) is 2. The molecule has 1 N–H and O–H groups in total. The Morgan fingerprint density at radius 1 is 1.05 bits per heavy atom. The van der Waals surface area contributed by atoms with E-state index in [-0.39, 0.29) is 5.60 Å². The van der Waals surface area contributed by atoms with Crippen LogP contribution in [0.5, 0.6) is 0 Å². The zero-order valence-corrected chi connectivity index (χ0v) is 13.7. The molecule has 0 radical (unpaired) electrons. The van der Waals surface area contributed by atoms with Gasteiger partial charge in [-0.1, -0.05) is 19.8 Å². The largest absolute Gasteiger partial charge is 0.376 e. The molecule has 1 saturated heterocycles. The summed E-state index contributed by atoms with van der Waals surface area (Å²) in [4.78, 5) is 0. The maximum atomic E-state index is 6.34. The van der Waals surface area contributed by atoms with Gasteiger partial charge in [0.25, 0.3) is 0 Å². The average molecular weight is 295 g/mol. The van der Waals surface area contributed by atoms with Gasteiger partial charge in [0.05, 0.1) is 24.4 Å². The van der Waals surface area contributed by atoms with E-state index in [1.807, 2.05) is 0 Å². The van der Waals surface area contributed by atoms with Gasteiger partial charge in [-0.15, -0.1) is 0 Å². The fourth-order valence-corrected chi connectivity index (χ4v) is 4.43. The second-order valence-corrected chi connectivity index (χ2v) is 7.43. The maximum absolute atomic E-state index is 6.34. The van der Waals surface area contributed by atoms with Crippen molar-refractivity contribution in [1.82, 2.24) is 5.32 Å². The second kappa shape index (κ2) is 7.43. The van der Waals surface area contributed by atoms with Crippen LogP contribution in [0.3, 0.4) is 0 Å². The van der Waals surface area contributed by atoms with Gasteiger partial charge in [-0.25, -0.2) is 0 Å². The molecule has 3 aliphatic rings. The molecule has 1 heterocycles. The van der Waals surface area contributed by atoms with Crippen LogP contribution in [0.4, 0.5) is 0 Å². The lowest BCUT2D eigenvalue weighted by molar-refractivity contribution is -0.0873. The highest BCUT2D eigenvalue weighted by Gasteiger charge is 2.42. The van der Waals surface area contributed by atoms with Crippen LogP contribution in [0.2, 0.25) is 0 Å². The molecule has 0 aromatic rings. The summed E-state index contributed by atoms with van der Waals surface area (Å²) >= 11 is 0. The molecule has 0 aromatic heterocycles. The van der Waals surface area contributed by atoms with Crippen LogP contribution in [0.1, 0.15) is 77.6 Å². The third kappa shape index (κ3) is 4.20. The lowest BCUT2D eigenvalue weighted by atomic mass is 9.93. The van der Waals surface area contributed by atoms with Crippen molar-refractivity contribution < 1.29 is 9.47 Å². The summed E-state index contributed by atoms with van der Waals surface area (Å²) in [6, 6.07) is 0.731. The van der Waals surface area contributed by atoms with Crippen LogP contribution in [-0.2, 0) is 9.47 Å². The van der Waals surface area contributed by atoms with Gasteiger partial charge in [0, 0.05) is 6.04 Å². The van der Waals surface area contributed by atoms with Crippen LogP contribution >= 0.6 is 0 Å². The molecular formula is C18H33NO2. The van der Waals surface area contributed by atoms with Crippen LogP contribution in [0.15, 0.2) is 0 Å². The number of hydrogen-bond acceptors (Lipinski definition) is 3. The van der Waals surface area contributed by atoms with Gasteiger partial charge in [-0.3, -0.25) is 0 Å². The maximum Gasteiger partial charge on any atom is 0.0817 e. The Bertz CT molecular complexity index is 306. The first-order chi connectivity index (χ1) is 10.3. The molecule has 122 valence electrons. The molecule has 2 saturated carbocycles. The first-order valence-corrected chi connectivity index (χ1v) is 9.32. The Morgan fingerprint density at radius 2 is 1.81 bits per heavy atom. The van der Waals surface area contributed by atoms with Gasteiger partial charge < -0.3 is 14.8 Å². The van der Waals surface area contributed by atoms with Crippen molar-refractivity contribution in [2.24, 2.45) is 0 Å². The van der Waals surface area contributed by atoms with E-state index in [4.69, 9.17) is 9.47 Å². The Kier molecular flexibility index (Phi) is 5.58. The molecule has 1 spiro atoms. The van der Waals surface area contributed by atoms with E-state index < -0.39 is 0 Å². The highest BCUT2D eigenvalue weighted by atomic mass is 16.6. The van der Waals surface area contributed by atoms with Crippen molar-refractivity contribution in [3.8, 4) is 0 Å². The van der Waals surface area contributed by atoms with Crippen molar-refractivity contribution in [3.63, 3.8) is 0 Å². The Hall–Kier alpha value is -0.120. The smallest absolute Gasteiger partial charge is 0.0817 e. The lowest BCUT2D eigenvalue weighted by Crippen LogP contribution is -2.36. The summed E-state index contributed by atoms with van der Waals surface area (Å²) in [7, 11) is 0. The van der Waals surface area contributed by atoms with E-state index in [1.165, 1.54) is 70.6 Å². The summed E-state index contributed by atoms with van der Waals surface area (Å²) < 4.78 is 12.5. The van der Waals surface area contributed by atoms with Gasteiger partial charge in [0.2, 0.25) is 0 Å². The standard InChI is InChI=1S/C18H33NO2/c1-2-13-19-15-5-7-16(8-6-15)20-14-17-9-12-18(21-17)10-3-4-11-18/h15-17,19H,2-14H2,1H3. The Morgan fingerprint density at radius 3 is 2.52 bits per heavy atom. The molecule has 0 amide bonds. The van der Waals surface area contributed by atoms with Crippen molar-refractivity contribution >= 4 is 0 Å². The van der Waals surface area contributed by atoms with E-state index >= 15 is 0 Å². The topological polar surface area (TPSA) is 30.5 Å². The Labute approximate surface area is 130 Å². The first kappa shape index (κ1) is 15.8. The van der Waals surface area contributed by atoms with Crippen molar-refractivity contribution in [2.75, 3.05) is 13.2 Å². The van der Waals surface area contributed by atoms with E-state index in [0.717, 1.165) is 19.2 Å². The summed E-state index contributed by atoms with van der Waals surface area (Å²) in [5.74, 6) is 0. The van der Waals surface area contributed by atoms with Gasteiger partial charge >= 0.3 is 0 Å². The van der Waals surface area contributed by atoms with Crippen LogP contribution in [-0.4, -0.2) is 37.0 Å². The number of hydrogen-bond donors (Lipinski definition) is 1. The minimum absolute atomic E-state index is 0.260. The van der Waals surface area contributed by atoms with E-state index in [9.17, 15) is 0 Å². The molecular weight excluding hydrogens is 262 g/mol. The highest BCUT2D eigenvalue weighted by molar-refractivity contribution is 4.92. The fraction of sp³-hybridized carbons (Fsp3) is 1.00. The number of nitrogens with one attached hydrogen (secondary N) is 1. The van der Waals surface area contributed by atoms with E-state index in [1.54, 1.807) is 0 Å². The van der Waals surface area contributed by atoms with Crippen molar-refractivity contribution in [2.45, 2.75) is 101 Å². The Balaban J connectivity index is 1.32. The van der Waals surface area contributed by atoms with Gasteiger partial charge in [0.1, 0.15) is 0 Å². The minimum atomic E-state index is 0.260. The molecule has 21 heavy (non-hydrogen) atoms. The molecule has 0 bridgehead atoms. The molecule has 3 fully saturated rings. The molecule has 1 aliphatic heterocycles. The van der Waals surface area contributed by atoms with Crippen LogP contribution < -0.4 is 5.32 Å². The molecule has 0 aromatic carbocycles. The molecule has 3 nitrogen and oxygen atoms in total. The van der Waals surface area contributed by atoms with Gasteiger partial charge in [-0.05, 0) is 64.3 Å². The minimum Gasteiger partial charge on any atom is -0.376 e. The van der Waals surface area contributed by atoms with Crippen molar-refractivity contribution in [1.29, 1.82) is 0 Å². The molecule has 1 unspecified atom stereocenters. The zero-order chi connectivity index (χ0) is 14.5. The number of rotatable bonds is 6. The summed E-state index contributed by atoms with van der Waals surface area (Å²) in [6.45, 7) is 4.23. The fourth-order valence-electron chi connectivity index (χ4n) is 4.43. The molecule has 3 heteroatoms. The average Bonchev–Trinajstić information content (AvgIpc) is 3.14. The van der Waals surface area contributed by atoms with E-state index in [0.29, 0.717) is 12.2 Å². The van der Waals surface area contributed by atoms with Crippen LogP contribution in [0, 0.1) is 0 Å². The third-order valence-electron chi connectivity index (χ3n) is 5.73. The first-order valence-electron chi connectivity index (χ1n) is 9.32. The molecule has 3 rings (SSSR count).